The average Bonchev–Trinajstić information content (AvgIpc) is 3.13. The van der Waals surface area contributed by atoms with E-state index in [9.17, 15) is 24.2 Å². The van der Waals surface area contributed by atoms with E-state index in [4.69, 9.17) is 19.1 Å². The topological polar surface area (TPSA) is 149 Å². The summed E-state index contributed by atoms with van der Waals surface area (Å²) >= 11 is 0. The standard InChI is InChI=1S/C41H71O10P/c1-3-5-7-9-11-13-15-17-18-19-20-21-23-24-26-28-30-32-40(44)48-36-39(37-50-52(46,47)49-35-38(43)34-42)51-41(45)33-31-29-27-25-22-16-14-12-10-8-6-4-2/h7,9,12-15,18-19,21,23,38-39,42-43H,3-6,8,10-11,16-17,20,22,24-37H2,1-2H3,(H,46,47)/b9-7+,14-12+,15-13+,19-18+,23-21+/t38-,39+/m1/s1. The van der Waals surface area contributed by atoms with Crippen LogP contribution in [0.25, 0.3) is 0 Å². The van der Waals surface area contributed by atoms with Crippen molar-refractivity contribution in [1.29, 1.82) is 0 Å². The molecule has 0 rings (SSSR count). The number of rotatable bonds is 36. The molecule has 0 aromatic heterocycles. The van der Waals surface area contributed by atoms with Gasteiger partial charge in [0.15, 0.2) is 6.10 Å². The van der Waals surface area contributed by atoms with E-state index in [0.717, 1.165) is 83.5 Å². The zero-order chi connectivity index (χ0) is 38.4. The third-order valence-corrected chi connectivity index (χ3v) is 8.83. The Morgan fingerprint density at radius 2 is 1.04 bits per heavy atom. The maximum Gasteiger partial charge on any atom is 0.472 e. The molecule has 0 radical (unpaired) electrons. The van der Waals surface area contributed by atoms with Crippen LogP contribution < -0.4 is 0 Å². The van der Waals surface area contributed by atoms with Crippen LogP contribution in [-0.4, -0.2) is 65.7 Å². The number of phosphoric acid groups is 1. The van der Waals surface area contributed by atoms with Gasteiger partial charge in [-0.25, -0.2) is 4.57 Å². The van der Waals surface area contributed by atoms with Crippen molar-refractivity contribution in [2.75, 3.05) is 26.4 Å². The fraction of sp³-hybridized carbons (Fsp3) is 0.707. The van der Waals surface area contributed by atoms with E-state index in [-0.39, 0.29) is 19.4 Å². The number of ether oxygens (including phenoxy) is 2. The Kier molecular flexibility index (Phi) is 35.3. The monoisotopic (exact) mass is 754 g/mol. The summed E-state index contributed by atoms with van der Waals surface area (Å²) in [5.41, 5.74) is 0. The van der Waals surface area contributed by atoms with Crippen LogP contribution in [0.3, 0.4) is 0 Å². The molecule has 52 heavy (non-hydrogen) atoms. The number of unbranched alkanes of at least 4 members (excludes halogenated alkanes) is 12. The van der Waals surface area contributed by atoms with Crippen molar-refractivity contribution in [3.05, 3.63) is 60.8 Å². The van der Waals surface area contributed by atoms with E-state index in [1.165, 1.54) is 25.7 Å². The molecule has 0 aromatic carbocycles. The molecule has 1 unspecified atom stereocenters. The van der Waals surface area contributed by atoms with E-state index >= 15 is 0 Å². The van der Waals surface area contributed by atoms with Gasteiger partial charge in [-0.1, -0.05) is 120 Å². The van der Waals surface area contributed by atoms with E-state index in [0.29, 0.717) is 12.8 Å². The predicted molar refractivity (Wildman–Crippen MR) is 210 cm³/mol. The highest BCUT2D eigenvalue weighted by molar-refractivity contribution is 7.47. The van der Waals surface area contributed by atoms with Gasteiger partial charge in [0.25, 0.3) is 0 Å². The van der Waals surface area contributed by atoms with Crippen molar-refractivity contribution < 1.29 is 47.8 Å². The highest BCUT2D eigenvalue weighted by atomic mass is 31.2. The second-order valence-corrected chi connectivity index (χ2v) is 14.4. The first-order chi connectivity index (χ1) is 25.2. The molecule has 0 spiro atoms. The number of phosphoric ester groups is 1. The Hall–Kier alpha value is -2.33. The third kappa shape index (κ3) is 36.0. The molecule has 0 amide bonds. The fourth-order valence-electron chi connectivity index (χ4n) is 4.80. The maximum atomic E-state index is 12.5. The minimum atomic E-state index is -4.62. The highest BCUT2D eigenvalue weighted by Gasteiger charge is 2.27. The number of hydrogen-bond donors (Lipinski definition) is 3. The Bertz CT molecular complexity index is 1050. The smallest absolute Gasteiger partial charge is 0.462 e. The summed E-state index contributed by atoms with van der Waals surface area (Å²) in [5, 5.41) is 18.3. The molecular weight excluding hydrogens is 683 g/mol. The minimum absolute atomic E-state index is 0.164. The van der Waals surface area contributed by atoms with Gasteiger partial charge in [-0.15, -0.1) is 0 Å². The molecule has 10 nitrogen and oxygen atoms in total. The van der Waals surface area contributed by atoms with Gasteiger partial charge in [0, 0.05) is 12.8 Å². The molecule has 3 N–H and O–H groups in total. The molecule has 3 atom stereocenters. The van der Waals surface area contributed by atoms with Gasteiger partial charge < -0.3 is 24.6 Å². The molecule has 0 heterocycles. The van der Waals surface area contributed by atoms with Crippen molar-refractivity contribution >= 4 is 19.8 Å². The summed E-state index contributed by atoms with van der Waals surface area (Å²) in [6.07, 6.45) is 39.0. The molecular formula is C41H71O10P. The number of esters is 2. The lowest BCUT2D eigenvalue weighted by molar-refractivity contribution is -0.161. The number of hydrogen-bond acceptors (Lipinski definition) is 9. The first-order valence-electron chi connectivity index (χ1n) is 19.7. The average molecular weight is 755 g/mol. The van der Waals surface area contributed by atoms with E-state index in [1.54, 1.807) is 0 Å². The van der Waals surface area contributed by atoms with Crippen molar-refractivity contribution in [2.45, 2.75) is 161 Å². The van der Waals surface area contributed by atoms with Gasteiger partial charge in [0.2, 0.25) is 0 Å². The number of carbonyl (C=O) groups is 2. The maximum absolute atomic E-state index is 12.5. The second-order valence-electron chi connectivity index (χ2n) is 12.9. The normalized spacial score (nSPS) is 14.6. The van der Waals surface area contributed by atoms with E-state index < -0.39 is 51.8 Å². The molecule has 11 heteroatoms. The summed E-state index contributed by atoms with van der Waals surface area (Å²) in [5.74, 6) is -0.978. The summed E-state index contributed by atoms with van der Waals surface area (Å²) in [6.45, 7) is 2.21. The van der Waals surface area contributed by atoms with Crippen LogP contribution in [0.4, 0.5) is 0 Å². The van der Waals surface area contributed by atoms with Gasteiger partial charge in [0.05, 0.1) is 19.8 Å². The fourth-order valence-corrected chi connectivity index (χ4v) is 5.59. The number of allylic oxidation sites excluding steroid dienone is 10. The molecule has 0 aliphatic carbocycles. The zero-order valence-corrected chi connectivity index (χ0v) is 33.1. The predicted octanol–water partition coefficient (Wildman–Crippen LogP) is 9.94. The molecule has 300 valence electrons. The van der Waals surface area contributed by atoms with Gasteiger partial charge >= 0.3 is 19.8 Å². The molecule has 0 aromatic rings. The molecule has 0 aliphatic heterocycles. The Labute approximate surface area is 315 Å². The van der Waals surface area contributed by atoms with Gasteiger partial charge in [-0.2, -0.15) is 0 Å². The van der Waals surface area contributed by atoms with Crippen molar-refractivity contribution in [3.63, 3.8) is 0 Å². The van der Waals surface area contributed by atoms with Gasteiger partial charge in [-0.3, -0.25) is 18.6 Å². The number of aliphatic hydroxyl groups is 2. The lowest BCUT2D eigenvalue weighted by atomic mass is 10.1. The second kappa shape index (κ2) is 37.0. The SMILES string of the molecule is CCC/C=C/C/C=C/C/C=C/C/C=C/CCCCCC(=O)OC[C@@H](COP(=O)(O)OC[C@H](O)CO)OC(=O)CCCCCCC/C=C/CCCCC. The molecule has 0 aliphatic rings. The lowest BCUT2D eigenvalue weighted by Gasteiger charge is -2.20. The summed E-state index contributed by atoms with van der Waals surface area (Å²) < 4.78 is 32.6. The van der Waals surface area contributed by atoms with Crippen molar-refractivity contribution in [3.8, 4) is 0 Å². The van der Waals surface area contributed by atoms with E-state index in [1.807, 2.05) is 0 Å². The van der Waals surface area contributed by atoms with Crippen molar-refractivity contribution in [1.82, 2.24) is 0 Å². The first kappa shape index (κ1) is 49.7. The summed E-state index contributed by atoms with van der Waals surface area (Å²) in [7, 11) is -4.62. The molecule has 0 bridgehead atoms. The number of carbonyl (C=O) groups excluding carboxylic acids is 2. The Balaban J connectivity index is 4.42. The summed E-state index contributed by atoms with van der Waals surface area (Å²) in [4.78, 5) is 34.8. The van der Waals surface area contributed by atoms with Crippen LogP contribution >= 0.6 is 7.82 Å². The third-order valence-electron chi connectivity index (χ3n) is 7.88. The van der Waals surface area contributed by atoms with Crippen molar-refractivity contribution in [2.24, 2.45) is 0 Å². The van der Waals surface area contributed by atoms with Crippen LogP contribution in [0.5, 0.6) is 0 Å². The van der Waals surface area contributed by atoms with Crippen LogP contribution in [-0.2, 0) is 32.7 Å². The highest BCUT2D eigenvalue weighted by Crippen LogP contribution is 2.43. The molecule has 0 fully saturated rings. The zero-order valence-electron chi connectivity index (χ0n) is 32.3. The molecule has 0 saturated heterocycles. The van der Waals surface area contributed by atoms with Gasteiger partial charge in [-0.05, 0) is 77.0 Å². The number of aliphatic hydroxyl groups excluding tert-OH is 2. The summed E-state index contributed by atoms with van der Waals surface area (Å²) in [6, 6.07) is 0. The molecule has 0 saturated carbocycles. The minimum Gasteiger partial charge on any atom is -0.462 e. The van der Waals surface area contributed by atoms with Crippen LogP contribution in [0.15, 0.2) is 60.8 Å². The Morgan fingerprint density at radius 3 is 1.62 bits per heavy atom. The van der Waals surface area contributed by atoms with Gasteiger partial charge in [0.1, 0.15) is 12.7 Å². The largest absolute Gasteiger partial charge is 0.472 e. The lowest BCUT2D eigenvalue weighted by Crippen LogP contribution is -2.29. The first-order valence-corrected chi connectivity index (χ1v) is 21.2. The quantitative estimate of drug-likeness (QED) is 0.0244. The van der Waals surface area contributed by atoms with E-state index in [2.05, 4.69) is 79.1 Å². The van der Waals surface area contributed by atoms with Crippen LogP contribution in [0, 0.1) is 0 Å². The van der Waals surface area contributed by atoms with Crippen LogP contribution in [0.1, 0.15) is 149 Å². The van der Waals surface area contributed by atoms with Crippen LogP contribution in [0.2, 0.25) is 0 Å². The Morgan fingerprint density at radius 1 is 0.577 bits per heavy atom.